The first-order valence-electron chi connectivity index (χ1n) is 5.45. The van der Waals surface area contributed by atoms with E-state index in [0.717, 1.165) is 23.7 Å². The molecule has 15 heavy (non-hydrogen) atoms. The number of hydrogen-bond acceptors (Lipinski definition) is 1. The predicted octanol–water partition coefficient (Wildman–Crippen LogP) is 3.43. The molecule has 2 aromatic carbocycles. The summed E-state index contributed by atoms with van der Waals surface area (Å²) in [5, 5.41) is 2.35. The van der Waals surface area contributed by atoms with Crippen LogP contribution in [-0.2, 0) is 0 Å². The zero-order chi connectivity index (χ0) is 10.1. The second-order valence-electron chi connectivity index (χ2n) is 4.17. The molecule has 3 rings (SSSR count). The van der Waals surface area contributed by atoms with Crippen molar-refractivity contribution in [1.82, 2.24) is 0 Å². The van der Waals surface area contributed by atoms with Crippen molar-refractivity contribution in [2.45, 2.75) is 12.8 Å². The largest absolute Gasteiger partial charge is 0.493 e. The van der Waals surface area contributed by atoms with Crippen LogP contribution < -0.4 is 4.74 Å². The van der Waals surface area contributed by atoms with Gasteiger partial charge in [-0.05, 0) is 47.7 Å². The van der Waals surface area contributed by atoms with E-state index in [0.29, 0.717) is 0 Å². The summed E-state index contributed by atoms with van der Waals surface area (Å²) in [7, 11) is 0. The molecule has 1 heteroatoms. The standard InChI is InChI=1S/C14H13O/c1-2-4-13-9-14(8-7-12(13)3-1)15-10-11-5-6-11/h1-2,4,7-9,11H,5-6,10H2. The van der Waals surface area contributed by atoms with Crippen LogP contribution in [0.3, 0.4) is 0 Å². The van der Waals surface area contributed by atoms with E-state index in [1.807, 2.05) is 18.2 Å². The van der Waals surface area contributed by atoms with E-state index in [1.165, 1.54) is 18.2 Å². The van der Waals surface area contributed by atoms with Gasteiger partial charge < -0.3 is 4.74 Å². The zero-order valence-corrected chi connectivity index (χ0v) is 8.57. The predicted molar refractivity (Wildman–Crippen MR) is 61.0 cm³/mol. The number of hydrogen-bond donors (Lipinski definition) is 0. The molecule has 0 spiro atoms. The molecule has 0 N–H and O–H groups in total. The van der Waals surface area contributed by atoms with Gasteiger partial charge in [0.05, 0.1) is 6.61 Å². The molecular weight excluding hydrogens is 184 g/mol. The Morgan fingerprint density at radius 1 is 1.27 bits per heavy atom. The Balaban J connectivity index is 1.84. The van der Waals surface area contributed by atoms with Gasteiger partial charge in [0.25, 0.3) is 0 Å². The van der Waals surface area contributed by atoms with Gasteiger partial charge in [0, 0.05) is 0 Å². The maximum absolute atomic E-state index is 5.72. The first-order chi connectivity index (χ1) is 7.42. The van der Waals surface area contributed by atoms with Crippen molar-refractivity contribution >= 4 is 10.8 Å². The lowest BCUT2D eigenvalue weighted by Gasteiger charge is -2.05. The van der Waals surface area contributed by atoms with Crippen LogP contribution in [0.1, 0.15) is 12.8 Å². The minimum atomic E-state index is 0.808. The molecule has 2 aromatic rings. The highest BCUT2D eigenvalue weighted by atomic mass is 16.5. The van der Waals surface area contributed by atoms with Gasteiger partial charge in [-0.3, -0.25) is 0 Å². The normalized spacial score (nSPS) is 15.5. The molecule has 1 aliphatic carbocycles. The molecule has 0 bridgehead atoms. The Labute approximate surface area is 89.7 Å². The fourth-order valence-corrected chi connectivity index (χ4v) is 1.69. The summed E-state index contributed by atoms with van der Waals surface area (Å²) in [6.07, 6.45) is 2.67. The van der Waals surface area contributed by atoms with Gasteiger partial charge in [0.15, 0.2) is 0 Å². The van der Waals surface area contributed by atoms with Crippen molar-refractivity contribution in [2.24, 2.45) is 5.92 Å². The Kier molecular flexibility index (Phi) is 2.09. The molecule has 0 amide bonds. The van der Waals surface area contributed by atoms with Crippen molar-refractivity contribution in [2.75, 3.05) is 6.61 Å². The third kappa shape index (κ3) is 1.96. The molecule has 0 saturated heterocycles. The Bertz CT molecular complexity index is 471. The summed E-state index contributed by atoms with van der Waals surface area (Å²) in [5.74, 6) is 1.79. The SMILES string of the molecule is [c]1cccc2cc(OCC3CC3)ccc12. The molecule has 1 saturated carbocycles. The second kappa shape index (κ2) is 3.58. The van der Waals surface area contributed by atoms with Gasteiger partial charge in [-0.2, -0.15) is 0 Å². The maximum Gasteiger partial charge on any atom is 0.119 e. The van der Waals surface area contributed by atoms with Crippen LogP contribution in [0.2, 0.25) is 0 Å². The van der Waals surface area contributed by atoms with Gasteiger partial charge in [-0.25, -0.2) is 0 Å². The van der Waals surface area contributed by atoms with Gasteiger partial charge in [0.1, 0.15) is 5.75 Å². The topological polar surface area (TPSA) is 9.23 Å². The fraction of sp³-hybridized carbons (Fsp3) is 0.286. The van der Waals surface area contributed by atoms with Gasteiger partial charge >= 0.3 is 0 Å². The molecule has 0 unspecified atom stereocenters. The fourth-order valence-electron chi connectivity index (χ4n) is 1.69. The summed E-state index contributed by atoms with van der Waals surface area (Å²) in [5.41, 5.74) is 0. The molecule has 1 aliphatic rings. The summed E-state index contributed by atoms with van der Waals surface area (Å²) in [6, 6.07) is 15.4. The van der Waals surface area contributed by atoms with Crippen LogP contribution >= 0.6 is 0 Å². The van der Waals surface area contributed by atoms with E-state index in [4.69, 9.17) is 4.74 Å². The molecule has 0 aliphatic heterocycles. The summed E-state index contributed by atoms with van der Waals surface area (Å²) in [4.78, 5) is 0. The lowest BCUT2D eigenvalue weighted by molar-refractivity contribution is 0.300. The highest BCUT2D eigenvalue weighted by Gasteiger charge is 2.21. The molecule has 0 aromatic heterocycles. The van der Waals surface area contributed by atoms with E-state index >= 15 is 0 Å². The lowest BCUT2D eigenvalue weighted by Crippen LogP contribution is -1.98. The van der Waals surface area contributed by atoms with Crippen molar-refractivity contribution in [3.05, 3.63) is 42.5 Å². The molecule has 75 valence electrons. The third-order valence-corrected chi connectivity index (χ3v) is 2.82. The van der Waals surface area contributed by atoms with Crippen LogP contribution in [0.15, 0.2) is 36.4 Å². The first kappa shape index (κ1) is 8.78. The summed E-state index contributed by atoms with van der Waals surface area (Å²) in [6.45, 7) is 0.877. The molecular formula is C14H13O. The lowest BCUT2D eigenvalue weighted by atomic mass is 10.1. The van der Waals surface area contributed by atoms with Crippen LogP contribution in [0.4, 0.5) is 0 Å². The minimum Gasteiger partial charge on any atom is -0.493 e. The highest BCUT2D eigenvalue weighted by Crippen LogP contribution is 2.30. The number of fused-ring (bicyclic) bond motifs is 1. The number of ether oxygens (including phenoxy) is 1. The van der Waals surface area contributed by atoms with Crippen molar-refractivity contribution < 1.29 is 4.74 Å². The van der Waals surface area contributed by atoms with Crippen LogP contribution in [0.5, 0.6) is 5.75 Å². The smallest absolute Gasteiger partial charge is 0.119 e. The van der Waals surface area contributed by atoms with Crippen LogP contribution in [0.25, 0.3) is 10.8 Å². The molecule has 0 atom stereocenters. The van der Waals surface area contributed by atoms with Crippen LogP contribution in [-0.4, -0.2) is 6.61 Å². The molecule has 0 heterocycles. The average Bonchev–Trinajstić information content (AvgIpc) is 3.10. The minimum absolute atomic E-state index is 0.808. The first-order valence-corrected chi connectivity index (χ1v) is 5.45. The van der Waals surface area contributed by atoms with Crippen molar-refractivity contribution in [3.8, 4) is 5.75 Å². The van der Waals surface area contributed by atoms with Gasteiger partial charge in [0.2, 0.25) is 0 Å². The highest BCUT2D eigenvalue weighted by molar-refractivity contribution is 5.83. The van der Waals surface area contributed by atoms with Gasteiger partial charge in [-0.15, -0.1) is 0 Å². The Morgan fingerprint density at radius 3 is 3.07 bits per heavy atom. The molecule has 1 fully saturated rings. The average molecular weight is 197 g/mol. The number of benzene rings is 2. The van der Waals surface area contributed by atoms with E-state index in [9.17, 15) is 0 Å². The molecule has 1 radical (unpaired) electrons. The quantitative estimate of drug-likeness (QED) is 0.732. The third-order valence-electron chi connectivity index (χ3n) is 2.82. The number of rotatable bonds is 3. The van der Waals surface area contributed by atoms with Crippen molar-refractivity contribution in [3.63, 3.8) is 0 Å². The van der Waals surface area contributed by atoms with E-state index < -0.39 is 0 Å². The monoisotopic (exact) mass is 197 g/mol. The second-order valence-corrected chi connectivity index (χ2v) is 4.17. The van der Waals surface area contributed by atoms with E-state index in [1.54, 1.807) is 0 Å². The Hall–Kier alpha value is -1.50. The van der Waals surface area contributed by atoms with Crippen molar-refractivity contribution in [1.29, 1.82) is 0 Å². The maximum atomic E-state index is 5.72. The Morgan fingerprint density at radius 2 is 2.20 bits per heavy atom. The van der Waals surface area contributed by atoms with E-state index in [-0.39, 0.29) is 0 Å². The molecule has 1 nitrogen and oxygen atoms in total. The van der Waals surface area contributed by atoms with E-state index in [2.05, 4.69) is 24.3 Å². The van der Waals surface area contributed by atoms with Crippen LogP contribution in [0, 0.1) is 12.0 Å². The van der Waals surface area contributed by atoms with Gasteiger partial charge in [-0.1, -0.05) is 24.3 Å². The zero-order valence-electron chi connectivity index (χ0n) is 8.57. The summed E-state index contributed by atoms with van der Waals surface area (Å²) >= 11 is 0. The summed E-state index contributed by atoms with van der Waals surface area (Å²) < 4.78 is 5.72.